The topological polar surface area (TPSA) is 77.2 Å². The van der Waals surface area contributed by atoms with Crippen molar-refractivity contribution in [1.29, 1.82) is 0 Å². The van der Waals surface area contributed by atoms with Crippen LogP contribution in [0.1, 0.15) is 16.1 Å². The largest absolute Gasteiger partial charge is 0.494 e. The van der Waals surface area contributed by atoms with Crippen molar-refractivity contribution < 1.29 is 13.9 Å². The van der Waals surface area contributed by atoms with Gasteiger partial charge in [-0.15, -0.1) is 0 Å². The van der Waals surface area contributed by atoms with Gasteiger partial charge in [-0.25, -0.2) is 9.37 Å². The van der Waals surface area contributed by atoms with Crippen molar-refractivity contribution in [3.8, 4) is 5.75 Å². The second-order valence-corrected chi connectivity index (χ2v) is 4.16. The van der Waals surface area contributed by atoms with Gasteiger partial charge in [-0.2, -0.15) is 0 Å². The Balaban J connectivity index is 2.28. The number of carbonyl (C=O) groups is 1. The third-order valence-electron chi connectivity index (χ3n) is 2.74. The standard InChI is InChI=1S/C14H14FN3O2/c1-8-6-7-9(13(16)17-8)14(19)18-10-4-3-5-11(20-2)12(10)15/h3-7H,1-2H3,(H2,16,17)(H,18,19). The molecule has 0 radical (unpaired) electrons. The number of halogens is 1. The lowest BCUT2D eigenvalue weighted by molar-refractivity contribution is 0.102. The van der Waals surface area contributed by atoms with E-state index in [1.807, 2.05) is 0 Å². The molecule has 1 aromatic carbocycles. The van der Waals surface area contributed by atoms with E-state index in [9.17, 15) is 9.18 Å². The molecule has 2 aromatic rings. The molecule has 104 valence electrons. The fourth-order valence-electron chi connectivity index (χ4n) is 1.72. The number of amides is 1. The van der Waals surface area contributed by atoms with Crippen molar-refractivity contribution >= 4 is 17.4 Å². The quantitative estimate of drug-likeness (QED) is 0.901. The number of anilines is 2. The monoisotopic (exact) mass is 275 g/mol. The van der Waals surface area contributed by atoms with Gasteiger partial charge in [-0.3, -0.25) is 4.79 Å². The van der Waals surface area contributed by atoms with Gasteiger partial charge in [0.25, 0.3) is 5.91 Å². The molecule has 6 heteroatoms. The highest BCUT2D eigenvalue weighted by atomic mass is 19.1. The van der Waals surface area contributed by atoms with Crippen LogP contribution in [0.5, 0.6) is 5.75 Å². The van der Waals surface area contributed by atoms with Crippen molar-refractivity contribution in [1.82, 2.24) is 4.98 Å². The summed E-state index contributed by atoms with van der Waals surface area (Å²) in [6, 6.07) is 7.69. The zero-order chi connectivity index (χ0) is 14.7. The molecule has 0 bridgehead atoms. The molecule has 2 rings (SSSR count). The molecule has 0 aliphatic heterocycles. The highest BCUT2D eigenvalue weighted by Crippen LogP contribution is 2.24. The highest BCUT2D eigenvalue weighted by Gasteiger charge is 2.15. The maximum atomic E-state index is 13.9. The van der Waals surface area contributed by atoms with Crippen LogP contribution in [-0.4, -0.2) is 18.0 Å². The molecule has 1 amide bonds. The summed E-state index contributed by atoms with van der Waals surface area (Å²) in [5, 5.41) is 2.45. The Morgan fingerprint density at radius 2 is 2.10 bits per heavy atom. The summed E-state index contributed by atoms with van der Waals surface area (Å²) in [5.41, 5.74) is 6.60. The van der Waals surface area contributed by atoms with E-state index in [0.717, 1.165) is 0 Å². The fourth-order valence-corrected chi connectivity index (χ4v) is 1.72. The van der Waals surface area contributed by atoms with Gasteiger partial charge in [0.15, 0.2) is 11.6 Å². The minimum absolute atomic E-state index is 0.0225. The van der Waals surface area contributed by atoms with Gasteiger partial charge in [0.1, 0.15) is 5.82 Å². The van der Waals surface area contributed by atoms with Crippen molar-refractivity contribution in [2.75, 3.05) is 18.2 Å². The molecule has 5 nitrogen and oxygen atoms in total. The average molecular weight is 275 g/mol. The van der Waals surface area contributed by atoms with Gasteiger partial charge < -0.3 is 15.8 Å². The number of rotatable bonds is 3. The van der Waals surface area contributed by atoms with Crippen molar-refractivity contribution in [3.63, 3.8) is 0 Å². The number of aromatic nitrogens is 1. The number of pyridine rings is 1. The van der Waals surface area contributed by atoms with Crippen LogP contribution >= 0.6 is 0 Å². The summed E-state index contributed by atoms with van der Waals surface area (Å²) in [5.74, 6) is -1.01. The van der Waals surface area contributed by atoms with Crippen LogP contribution in [0.25, 0.3) is 0 Å². The van der Waals surface area contributed by atoms with Crippen LogP contribution in [0.2, 0.25) is 0 Å². The lowest BCUT2D eigenvalue weighted by Gasteiger charge is -2.10. The van der Waals surface area contributed by atoms with E-state index in [1.54, 1.807) is 25.1 Å². The second kappa shape index (κ2) is 5.56. The van der Waals surface area contributed by atoms with Crippen LogP contribution in [0, 0.1) is 12.7 Å². The summed E-state index contributed by atoms with van der Waals surface area (Å²) in [4.78, 5) is 16.1. The van der Waals surface area contributed by atoms with Crippen molar-refractivity contribution in [3.05, 3.63) is 47.4 Å². The van der Waals surface area contributed by atoms with E-state index in [1.165, 1.54) is 19.2 Å². The molecule has 1 aromatic heterocycles. The number of nitrogens with one attached hydrogen (secondary N) is 1. The van der Waals surface area contributed by atoms with E-state index in [-0.39, 0.29) is 22.8 Å². The molecule has 0 saturated carbocycles. The minimum Gasteiger partial charge on any atom is -0.494 e. The maximum absolute atomic E-state index is 13.9. The maximum Gasteiger partial charge on any atom is 0.259 e. The van der Waals surface area contributed by atoms with Gasteiger partial charge in [0.05, 0.1) is 18.4 Å². The molecule has 0 atom stereocenters. The number of nitrogens with zero attached hydrogens (tertiary/aromatic N) is 1. The first kappa shape index (κ1) is 13.8. The smallest absolute Gasteiger partial charge is 0.259 e. The highest BCUT2D eigenvalue weighted by molar-refractivity contribution is 6.07. The average Bonchev–Trinajstić information content (AvgIpc) is 2.41. The Morgan fingerprint density at radius 1 is 1.35 bits per heavy atom. The summed E-state index contributed by atoms with van der Waals surface area (Å²) in [6.07, 6.45) is 0. The first-order valence-electron chi connectivity index (χ1n) is 5.90. The van der Waals surface area contributed by atoms with Gasteiger partial charge in [0.2, 0.25) is 0 Å². The molecule has 20 heavy (non-hydrogen) atoms. The molecular weight excluding hydrogens is 261 g/mol. The van der Waals surface area contributed by atoms with Crippen LogP contribution in [0.15, 0.2) is 30.3 Å². The number of nitrogen functional groups attached to an aromatic ring is 1. The van der Waals surface area contributed by atoms with E-state index >= 15 is 0 Å². The lowest BCUT2D eigenvalue weighted by atomic mass is 10.2. The third kappa shape index (κ3) is 2.69. The van der Waals surface area contributed by atoms with Crippen LogP contribution in [0.3, 0.4) is 0 Å². The predicted octanol–water partition coefficient (Wildman–Crippen LogP) is 2.37. The first-order valence-corrected chi connectivity index (χ1v) is 5.90. The normalized spacial score (nSPS) is 10.2. The second-order valence-electron chi connectivity index (χ2n) is 4.16. The number of carbonyl (C=O) groups excluding carboxylic acids is 1. The number of hydrogen-bond acceptors (Lipinski definition) is 4. The Labute approximate surface area is 115 Å². The first-order chi connectivity index (χ1) is 9.52. The van der Waals surface area contributed by atoms with Gasteiger partial charge in [-0.05, 0) is 31.2 Å². The number of hydrogen-bond donors (Lipinski definition) is 2. The molecule has 1 heterocycles. The van der Waals surface area contributed by atoms with Gasteiger partial charge >= 0.3 is 0 Å². The summed E-state index contributed by atoms with van der Waals surface area (Å²) >= 11 is 0. The predicted molar refractivity (Wildman–Crippen MR) is 74.3 cm³/mol. The van der Waals surface area contributed by atoms with Crippen molar-refractivity contribution in [2.45, 2.75) is 6.92 Å². The SMILES string of the molecule is COc1cccc(NC(=O)c2ccc(C)nc2N)c1F. The number of aryl methyl sites for hydroxylation is 1. The molecule has 0 aliphatic carbocycles. The van der Waals surface area contributed by atoms with E-state index in [4.69, 9.17) is 10.5 Å². The molecule has 0 saturated heterocycles. The summed E-state index contributed by atoms with van der Waals surface area (Å²) < 4.78 is 18.8. The number of methoxy groups -OCH3 is 1. The number of benzene rings is 1. The van der Waals surface area contributed by atoms with Crippen LogP contribution < -0.4 is 15.8 Å². The van der Waals surface area contributed by atoms with Crippen molar-refractivity contribution in [2.24, 2.45) is 0 Å². The fraction of sp³-hybridized carbons (Fsp3) is 0.143. The molecule has 0 fully saturated rings. The summed E-state index contributed by atoms with van der Waals surface area (Å²) in [7, 11) is 1.35. The van der Waals surface area contributed by atoms with E-state index < -0.39 is 11.7 Å². The number of ether oxygens (including phenoxy) is 1. The molecule has 0 spiro atoms. The molecule has 3 N–H and O–H groups in total. The number of nitrogens with two attached hydrogens (primary N) is 1. The Bertz CT molecular complexity index is 659. The zero-order valence-electron chi connectivity index (χ0n) is 11.1. The van der Waals surface area contributed by atoms with Crippen LogP contribution in [0.4, 0.5) is 15.9 Å². The molecular formula is C14H14FN3O2. The van der Waals surface area contributed by atoms with Gasteiger partial charge in [-0.1, -0.05) is 6.07 Å². The minimum atomic E-state index is -0.637. The lowest BCUT2D eigenvalue weighted by Crippen LogP contribution is -2.16. The zero-order valence-corrected chi connectivity index (χ0v) is 11.1. The molecule has 0 unspecified atom stereocenters. The molecule has 0 aliphatic rings. The Kier molecular flexibility index (Phi) is 3.84. The Hall–Kier alpha value is -2.63. The Morgan fingerprint density at radius 3 is 2.75 bits per heavy atom. The third-order valence-corrected chi connectivity index (χ3v) is 2.74. The van der Waals surface area contributed by atoms with E-state index in [0.29, 0.717) is 5.69 Å². The van der Waals surface area contributed by atoms with Gasteiger partial charge in [0, 0.05) is 5.69 Å². The van der Waals surface area contributed by atoms with Crippen LogP contribution in [-0.2, 0) is 0 Å². The summed E-state index contributed by atoms with van der Waals surface area (Å²) in [6.45, 7) is 1.76. The van der Waals surface area contributed by atoms with E-state index in [2.05, 4.69) is 10.3 Å².